The topological polar surface area (TPSA) is 66.0 Å². The number of carbonyl (C=O) groups is 1. The summed E-state index contributed by atoms with van der Waals surface area (Å²) in [7, 11) is 0. The Morgan fingerprint density at radius 1 is 1.15 bits per heavy atom. The number of benzene rings is 1. The summed E-state index contributed by atoms with van der Waals surface area (Å²) < 4.78 is 0. The van der Waals surface area contributed by atoms with E-state index in [-0.39, 0.29) is 5.91 Å². The highest BCUT2D eigenvalue weighted by Crippen LogP contribution is 2.07. The molecule has 0 atom stereocenters. The number of hydrazine groups is 1. The molecule has 1 aromatic heterocycles. The van der Waals surface area contributed by atoms with Crippen LogP contribution in [0.25, 0.3) is 0 Å². The molecule has 2 rings (SSSR count). The standard InChI is InChI=1S/C14H14N4OS/c1-10-4-6-12(7-5-10)16-14(20)18-17-13(19)11-3-2-8-15-9-11/h2-9H,1H3,(H,17,19)(H2,16,18,20). The molecule has 6 heteroatoms. The van der Waals surface area contributed by atoms with Gasteiger partial charge in [0.05, 0.1) is 5.56 Å². The van der Waals surface area contributed by atoms with Crippen LogP contribution in [0.3, 0.4) is 0 Å². The molecule has 1 amide bonds. The van der Waals surface area contributed by atoms with Crippen molar-refractivity contribution < 1.29 is 4.79 Å². The summed E-state index contributed by atoms with van der Waals surface area (Å²) in [5.74, 6) is -0.300. The van der Waals surface area contributed by atoms with Gasteiger partial charge in [-0.25, -0.2) is 0 Å². The van der Waals surface area contributed by atoms with Crippen molar-refractivity contribution in [2.75, 3.05) is 5.32 Å². The van der Waals surface area contributed by atoms with E-state index < -0.39 is 0 Å². The van der Waals surface area contributed by atoms with Crippen LogP contribution in [0.5, 0.6) is 0 Å². The number of thiocarbonyl (C=S) groups is 1. The van der Waals surface area contributed by atoms with Gasteiger partial charge >= 0.3 is 0 Å². The summed E-state index contributed by atoms with van der Waals surface area (Å²) >= 11 is 5.08. The van der Waals surface area contributed by atoms with Gasteiger partial charge in [-0.2, -0.15) is 0 Å². The molecule has 1 heterocycles. The van der Waals surface area contributed by atoms with Crippen molar-refractivity contribution in [2.45, 2.75) is 6.92 Å². The van der Waals surface area contributed by atoms with Crippen molar-refractivity contribution in [3.05, 3.63) is 59.9 Å². The zero-order chi connectivity index (χ0) is 14.4. The molecule has 0 fully saturated rings. The van der Waals surface area contributed by atoms with Crippen LogP contribution in [-0.2, 0) is 0 Å². The van der Waals surface area contributed by atoms with Gasteiger partial charge in [-0.15, -0.1) is 0 Å². The maximum Gasteiger partial charge on any atom is 0.271 e. The molecule has 0 spiro atoms. The lowest BCUT2D eigenvalue weighted by Gasteiger charge is -2.11. The predicted molar refractivity (Wildman–Crippen MR) is 82.2 cm³/mol. The first-order valence-corrected chi connectivity index (χ1v) is 6.40. The van der Waals surface area contributed by atoms with Gasteiger partial charge in [-0.05, 0) is 43.4 Å². The fraction of sp³-hybridized carbons (Fsp3) is 0.0714. The van der Waals surface area contributed by atoms with Crippen LogP contribution in [0.15, 0.2) is 48.8 Å². The molecule has 5 nitrogen and oxygen atoms in total. The maximum absolute atomic E-state index is 11.7. The molecule has 102 valence electrons. The SMILES string of the molecule is Cc1ccc(NC(=S)NNC(=O)c2cccnc2)cc1. The smallest absolute Gasteiger partial charge is 0.271 e. The lowest BCUT2D eigenvalue weighted by molar-refractivity contribution is 0.0944. The minimum Gasteiger partial charge on any atom is -0.331 e. The average molecular weight is 286 g/mol. The largest absolute Gasteiger partial charge is 0.331 e. The zero-order valence-corrected chi connectivity index (χ0v) is 11.7. The van der Waals surface area contributed by atoms with E-state index in [1.165, 1.54) is 11.8 Å². The second-order valence-corrected chi connectivity index (χ2v) is 4.55. The summed E-state index contributed by atoms with van der Waals surface area (Å²) in [6.45, 7) is 2.01. The number of hydrogen-bond acceptors (Lipinski definition) is 3. The molecular weight excluding hydrogens is 272 g/mol. The number of aryl methyl sites for hydroxylation is 1. The van der Waals surface area contributed by atoms with Crippen molar-refractivity contribution in [3.63, 3.8) is 0 Å². The van der Waals surface area contributed by atoms with Gasteiger partial charge in [-0.1, -0.05) is 17.7 Å². The number of carbonyl (C=O) groups excluding carboxylic acids is 1. The first-order valence-electron chi connectivity index (χ1n) is 5.99. The molecule has 0 radical (unpaired) electrons. The Morgan fingerprint density at radius 2 is 1.90 bits per heavy atom. The minimum absolute atomic E-state index is 0.300. The number of hydrogen-bond donors (Lipinski definition) is 3. The van der Waals surface area contributed by atoms with Crippen LogP contribution in [0.4, 0.5) is 5.69 Å². The molecule has 20 heavy (non-hydrogen) atoms. The number of pyridine rings is 1. The molecule has 0 aliphatic heterocycles. The second kappa shape index (κ2) is 6.63. The Labute approximate surface area is 122 Å². The quantitative estimate of drug-likeness (QED) is 0.582. The van der Waals surface area contributed by atoms with Crippen molar-refractivity contribution in [1.29, 1.82) is 0 Å². The highest BCUT2D eigenvalue weighted by Gasteiger charge is 2.05. The van der Waals surface area contributed by atoms with Gasteiger partial charge in [0.25, 0.3) is 5.91 Å². The van der Waals surface area contributed by atoms with Gasteiger partial charge in [-0.3, -0.25) is 20.6 Å². The van der Waals surface area contributed by atoms with Crippen molar-refractivity contribution in [1.82, 2.24) is 15.8 Å². The molecular formula is C14H14N4OS. The van der Waals surface area contributed by atoms with Crippen molar-refractivity contribution in [2.24, 2.45) is 0 Å². The maximum atomic E-state index is 11.7. The van der Waals surface area contributed by atoms with Gasteiger partial charge < -0.3 is 5.32 Å². The Hall–Kier alpha value is -2.47. The number of rotatable bonds is 2. The molecule has 0 aliphatic carbocycles. The molecule has 0 saturated carbocycles. The third-order valence-electron chi connectivity index (χ3n) is 2.52. The Kier molecular flexibility index (Phi) is 4.62. The minimum atomic E-state index is -0.300. The van der Waals surface area contributed by atoms with Crippen LogP contribution >= 0.6 is 12.2 Å². The molecule has 0 unspecified atom stereocenters. The van der Waals surface area contributed by atoms with E-state index in [4.69, 9.17) is 12.2 Å². The lowest BCUT2D eigenvalue weighted by Crippen LogP contribution is -2.43. The Bertz CT molecular complexity index is 598. The van der Waals surface area contributed by atoms with E-state index in [1.54, 1.807) is 18.3 Å². The second-order valence-electron chi connectivity index (χ2n) is 4.14. The number of nitrogens with one attached hydrogen (secondary N) is 3. The van der Waals surface area contributed by atoms with Crippen LogP contribution in [0.1, 0.15) is 15.9 Å². The first-order chi connectivity index (χ1) is 9.65. The van der Waals surface area contributed by atoms with Gasteiger partial charge in [0, 0.05) is 18.1 Å². The highest BCUT2D eigenvalue weighted by molar-refractivity contribution is 7.80. The van der Waals surface area contributed by atoms with E-state index in [0.29, 0.717) is 10.7 Å². The third kappa shape index (κ3) is 4.03. The van der Waals surface area contributed by atoms with Crippen LogP contribution in [0.2, 0.25) is 0 Å². The average Bonchev–Trinajstić information content (AvgIpc) is 2.48. The van der Waals surface area contributed by atoms with E-state index in [0.717, 1.165) is 5.69 Å². The molecule has 2 aromatic rings. The Balaban J connectivity index is 1.83. The van der Waals surface area contributed by atoms with Gasteiger partial charge in [0.1, 0.15) is 0 Å². The molecule has 1 aromatic carbocycles. The van der Waals surface area contributed by atoms with Crippen molar-refractivity contribution in [3.8, 4) is 0 Å². The molecule has 0 aliphatic rings. The van der Waals surface area contributed by atoms with E-state index in [2.05, 4.69) is 21.2 Å². The highest BCUT2D eigenvalue weighted by atomic mass is 32.1. The summed E-state index contributed by atoms with van der Waals surface area (Å²) in [5.41, 5.74) is 7.61. The number of nitrogens with zero attached hydrogens (tertiary/aromatic N) is 1. The van der Waals surface area contributed by atoms with Gasteiger partial charge in [0.2, 0.25) is 0 Å². The molecule has 3 N–H and O–H groups in total. The van der Waals surface area contributed by atoms with E-state index >= 15 is 0 Å². The molecule has 0 saturated heterocycles. The van der Waals surface area contributed by atoms with Gasteiger partial charge in [0.15, 0.2) is 5.11 Å². The number of amides is 1. The summed E-state index contributed by atoms with van der Waals surface area (Å²) in [5, 5.41) is 3.28. The summed E-state index contributed by atoms with van der Waals surface area (Å²) in [6.07, 6.45) is 3.08. The molecule has 0 bridgehead atoms. The first kappa shape index (κ1) is 14.0. The Morgan fingerprint density at radius 3 is 2.55 bits per heavy atom. The van der Waals surface area contributed by atoms with Crippen LogP contribution in [-0.4, -0.2) is 16.0 Å². The van der Waals surface area contributed by atoms with Crippen molar-refractivity contribution >= 4 is 28.9 Å². The normalized spacial score (nSPS) is 9.65. The van der Waals surface area contributed by atoms with Crippen LogP contribution in [0, 0.1) is 6.92 Å². The van der Waals surface area contributed by atoms with Crippen LogP contribution < -0.4 is 16.2 Å². The zero-order valence-electron chi connectivity index (χ0n) is 10.9. The fourth-order valence-electron chi connectivity index (χ4n) is 1.48. The number of anilines is 1. The van der Waals surface area contributed by atoms with E-state index in [9.17, 15) is 4.79 Å². The number of aromatic nitrogens is 1. The lowest BCUT2D eigenvalue weighted by atomic mass is 10.2. The van der Waals surface area contributed by atoms with E-state index in [1.807, 2.05) is 31.2 Å². The third-order valence-corrected chi connectivity index (χ3v) is 2.73. The summed E-state index contributed by atoms with van der Waals surface area (Å²) in [4.78, 5) is 15.6. The predicted octanol–water partition coefficient (Wildman–Crippen LogP) is 2.02. The monoisotopic (exact) mass is 286 g/mol. The summed E-state index contributed by atoms with van der Waals surface area (Å²) in [6, 6.07) is 11.1. The fourth-order valence-corrected chi connectivity index (χ4v) is 1.65.